The number of nitrogens with zero attached hydrogens (tertiary/aromatic N) is 1. The second kappa shape index (κ2) is 6.75. The fraction of sp³-hybridized carbons (Fsp3) is 0.333. The number of hydrogen-bond acceptors (Lipinski definition) is 3. The zero-order valence-corrected chi connectivity index (χ0v) is 11.9. The van der Waals surface area contributed by atoms with E-state index < -0.39 is 0 Å². The van der Waals surface area contributed by atoms with Crippen molar-refractivity contribution in [3.8, 4) is 0 Å². The highest BCUT2D eigenvalue weighted by Gasteiger charge is 2.08. The lowest BCUT2D eigenvalue weighted by molar-refractivity contribution is 0.0952. The Morgan fingerprint density at radius 3 is 2.90 bits per heavy atom. The van der Waals surface area contributed by atoms with Crippen molar-refractivity contribution in [3.63, 3.8) is 0 Å². The molecule has 0 bridgehead atoms. The van der Waals surface area contributed by atoms with E-state index >= 15 is 0 Å². The van der Waals surface area contributed by atoms with Crippen molar-refractivity contribution in [2.24, 2.45) is 0 Å². The standard InChI is InChI=1S/C15H20N4O/c1-11-10-12(16-2)5-6-13(11)15(20)19-7-3-4-14-17-8-9-18-14/h5-6,8-10,16H,3-4,7H2,1-2H3,(H,17,18)(H,19,20). The molecule has 20 heavy (non-hydrogen) atoms. The van der Waals surface area contributed by atoms with Crippen molar-refractivity contribution in [1.82, 2.24) is 15.3 Å². The first-order chi connectivity index (χ1) is 9.70. The topological polar surface area (TPSA) is 69.8 Å². The molecule has 0 saturated carbocycles. The van der Waals surface area contributed by atoms with Crippen LogP contribution in [0.5, 0.6) is 0 Å². The quantitative estimate of drug-likeness (QED) is 0.705. The van der Waals surface area contributed by atoms with Crippen LogP contribution in [-0.4, -0.2) is 29.5 Å². The summed E-state index contributed by atoms with van der Waals surface area (Å²) in [6.45, 7) is 2.59. The average Bonchev–Trinajstić information content (AvgIpc) is 2.96. The van der Waals surface area contributed by atoms with E-state index in [0.29, 0.717) is 6.54 Å². The van der Waals surface area contributed by atoms with E-state index in [4.69, 9.17) is 0 Å². The van der Waals surface area contributed by atoms with Crippen molar-refractivity contribution in [1.29, 1.82) is 0 Å². The van der Waals surface area contributed by atoms with Crippen LogP contribution in [0.25, 0.3) is 0 Å². The Hall–Kier alpha value is -2.30. The SMILES string of the molecule is CNc1ccc(C(=O)NCCCc2ncc[nH]2)c(C)c1. The number of aryl methyl sites for hydroxylation is 2. The normalized spacial score (nSPS) is 10.3. The van der Waals surface area contributed by atoms with Crippen LogP contribution in [0, 0.1) is 6.92 Å². The number of anilines is 1. The summed E-state index contributed by atoms with van der Waals surface area (Å²) in [7, 11) is 1.86. The van der Waals surface area contributed by atoms with Crippen LogP contribution in [0.4, 0.5) is 5.69 Å². The Morgan fingerprint density at radius 1 is 1.40 bits per heavy atom. The summed E-state index contributed by atoms with van der Waals surface area (Å²) >= 11 is 0. The molecule has 5 heteroatoms. The summed E-state index contributed by atoms with van der Waals surface area (Å²) in [6.07, 6.45) is 5.25. The Bertz CT molecular complexity index is 563. The summed E-state index contributed by atoms with van der Waals surface area (Å²) in [5.74, 6) is 0.929. The number of nitrogens with one attached hydrogen (secondary N) is 3. The molecule has 0 aliphatic carbocycles. The number of aromatic nitrogens is 2. The van der Waals surface area contributed by atoms with Gasteiger partial charge < -0.3 is 15.6 Å². The predicted molar refractivity (Wildman–Crippen MR) is 80.0 cm³/mol. The number of carbonyl (C=O) groups excluding carboxylic acids is 1. The number of amides is 1. The van der Waals surface area contributed by atoms with Gasteiger partial charge in [0.2, 0.25) is 0 Å². The van der Waals surface area contributed by atoms with Crippen LogP contribution >= 0.6 is 0 Å². The molecule has 0 aliphatic heterocycles. The maximum absolute atomic E-state index is 12.1. The van der Waals surface area contributed by atoms with E-state index in [1.807, 2.05) is 32.2 Å². The van der Waals surface area contributed by atoms with Crippen LogP contribution in [-0.2, 0) is 6.42 Å². The Labute approximate surface area is 118 Å². The monoisotopic (exact) mass is 272 g/mol. The van der Waals surface area contributed by atoms with Crippen LogP contribution in [0.15, 0.2) is 30.6 Å². The molecule has 0 unspecified atom stereocenters. The molecule has 5 nitrogen and oxygen atoms in total. The molecule has 1 aromatic carbocycles. The predicted octanol–water partition coefficient (Wildman–Crippen LogP) is 2.12. The lowest BCUT2D eigenvalue weighted by Gasteiger charge is -2.09. The molecule has 1 amide bonds. The highest BCUT2D eigenvalue weighted by molar-refractivity contribution is 5.96. The molecule has 1 aromatic heterocycles. The Morgan fingerprint density at radius 2 is 2.25 bits per heavy atom. The van der Waals surface area contributed by atoms with E-state index in [1.54, 1.807) is 12.4 Å². The van der Waals surface area contributed by atoms with E-state index in [2.05, 4.69) is 20.6 Å². The molecule has 0 fully saturated rings. The number of benzene rings is 1. The minimum atomic E-state index is -0.0235. The third kappa shape index (κ3) is 3.60. The summed E-state index contributed by atoms with van der Waals surface area (Å²) < 4.78 is 0. The molecule has 0 spiro atoms. The fourth-order valence-electron chi connectivity index (χ4n) is 2.06. The van der Waals surface area contributed by atoms with Gasteiger partial charge in [0, 0.05) is 43.7 Å². The van der Waals surface area contributed by atoms with Crippen LogP contribution in [0.2, 0.25) is 0 Å². The number of rotatable bonds is 6. The Balaban J connectivity index is 1.82. The van der Waals surface area contributed by atoms with Gasteiger partial charge in [-0.25, -0.2) is 4.98 Å². The molecular formula is C15H20N4O. The maximum Gasteiger partial charge on any atom is 0.251 e. The first kappa shape index (κ1) is 14.1. The van der Waals surface area contributed by atoms with Gasteiger partial charge in [0.25, 0.3) is 5.91 Å². The van der Waals surface area contributed by atoms with Crippen LogP contribution < -0.4 is 10.6 Å². The van der Waals surface area contributed by atoms with Crippen molar-refractivity contribution in [2.45, 2.75) is 19.8 Å². The number of hydrogen-bond donors (Lipinski definition) is 3. The van der Waals surface area contributed by atoms with Crippen molar-refractivity contribution in [3.05, 3.63) is 47.5 Å². The minimum Gasteiger partial charge on any atom is -0.388 e. The zero-order chi connectivity index (χ0) is 14.4. The molecule has 0 radical (unpaired) electrons. The van der Waals surface area contributed by atoms with Gasteiger partial charge in [0.1, 0.15) is 5.82 Å². The zero-order valence-electron chi connectivity index (χ0n) is 11.9. The van der Waals surface area contributed by atoms with Crippen LogP contribution in [0.1, 0.15) is 28.2 Å². The molecule has 2 rings (SSSR count). The van der Waals surface area contributed by atoms with Crippen LogP contribution in [0.3, 0.4) is 0 Å². The molecular weight excluding hydrogens is 252 g/mol. The molecule has 106 valence electrons. The molecule has 1 heterocycles. The van der Waals surface area contributed by atoms with E-state index in [9.17, 15) is 4.79 Å². The van der Waals surface area contributed by atoms with E-state index in [0.717, 1.165) is 35.5 Å². The molecule has 3 N–H and O–H groups in total. The van der Waals surface area contributed by atoms with Gasteiger partial charge in [0.05, 0.1) is 0 Å². The highest BCUT2D eigenvalue weighted by Crippen LogP contribution is 2.14. The number of imidazole rings is 1. The lowest BCUT2D eigenvalue weighted by Crippen LogP contribution is -2.25. The second-order valence-corrected chi connectivity index (χ2v) is 4.68. The molecule has 0 atom stereocenters. The summed E-state index contributed by atoms with van der Waals surface area (Å²) in [4.78, 5) is 19.3. The van der Waals surface area contributed by atoms with Gasteiger partial charge in [-0.05, 0) is 37.1 Å². The molecule has 2 aromatic rings. The summed E-state index contributed by atoms with van der Waals surface area (Å²) in [5.41, 5.74) is 2.71. The van der Waals surface area contributed by atoms with Gasteiger partial charge in [-0.1, -0.05) is 0 Å². The smallest absolute Gasteiger partial charge is 0.251 e. The van der Waals surface area contributed by atoms with Gasteiger partial charge in [-0.2, -0.15) is 0 Å². The number of H-pyrrole nitrogens is 1. The summed E-state index contributed by atoms with van der Waals surface area (Å²) in [5, 5.41) is 6.00. The lowest BCUT2D eigenvalue weighted by atomic mass is 10.1. The first-order valence-electron chi connectivity index (χ1n) is 6.75. The van der Waals surface area contributed by atoms with Crippen molar-refractivity contribution >= 4 is 11.6 Å². The minimum absolute atomic E-state index is 0.0235. The van der Waals surface area contributed by atoms with Gasteiger partial charge in [-0.3, -0.25) is 4.79 Å². The van der Waals surface area contributed by atoms with E-state index in [-0.39, 0.29) is 5.91 Å². The van der Waals surface area contributed by atoms with Gasteiger partial charge in [0.15, 0.2) is 0 Å². The average molecular weight is 272 g/mol. The highest BCUT2D eigenvalue weighted by atomic mass is 16.1. The number of carbonyl (C=O) groups is 1. The largest absolute Gasteiger partial charge is 0.388 e. The molecule has 0 saturated heterocycles. The van der Waals surface area contributed by atoms with Crippen molar-refractivity contribution < 1.29 is 4.79 Å². The second-order valence-electron chi connectivity index (χ2n) is 4.68. The molecule has 0 aliphatic rings. The van der Waals surface area contributed by atoms with Crippen molar-refractivity contribution in [2.75, 3.05) is 18.9 Å². The Kier molecular flexibility index (Phi) is 4.76. The summed E-state index contributed by atoms with van der Waals surface area (Å²) in [6, 6.07) is 5.73. The van der Waals surface area contributed by atoms with Gasteiger partial charge >= 0.3 is 0 Å². The third-order valence-electron chi connectivity index (χ3n) is 3.19. The third-order valence-corrected chi connectivity index (χ3v) is 3.19. The first-order valence-corrected chi connectivity index (χ1v) is 6.75. The maximum atomic E-state index is 12.1. The number of aromatic amines is 1. The fourth-order valence-corrected chi connectivity index (χ4v) is 2.06. The van der Waals surface area contributed by atoms with E-state index in [1.165, 1.54) is 0 Å². The van der Waals surface area contributed by atoms with Gasteiger partial charge in [-0.15, -0.1) is 0 Å².